The molecule has 0 bridgehead atoms. The standard InChI is InChI=1S/C22H28O3/c1-3-4-5-6-7-11-16-25-20-15-14-19(17-21(20)24-2)22(23)18-12-9-8-10-13-18/h8-10,12-15,17H,3-7,11,16H2,1-2H3. The number of hydrogen-bond acceptors (Lipinski definition) is 3. The van der Waals surface area contributed by atoms with E-state index >= 15 is 0 Å². The largest absolute Gasteiger partial charge is 0.493 e. The first kappa shape index (κ1) is 19.0. The number of carbonyl (C=O) groups excluding carboxylic acids is 1. The van der Waals surface area contributed by atoms with E-state index in [0.717, 1.165) is 6.42 Å². The Bertz CT molecular complexity index is 650. The van der Waals surface area contributed by atoms with Crippen LogP contribution in [0.1, 0.15) is 61.4 Å². The minimum absolute atomic E-state index is 0.0126. The number of hydrogen-bond donors (Lipinski definition) is 0. The van der Waals surface area contributed by atoms with Crippen molar-refractivity contribution in [3.8, 4) is 11.5 Å². The molecular formula is C22H28O3. The molecule has 0 aliphatic rings. The summed E-state index contributed by atoms with van der Waals surface area (Å²) >= 11 is 0. The minimum Gasteiger partial charge on any atom is -0.493 e. The van der Waals surface area contributed by atoms with E-state index in [1.165, 1.54) is 32.1 Å². The van der Waals surface area contributed by atoms with Gasteiger partial charge in [-0.3, -0.25) is 4.79 Å². The van der Waals surface area contributed by atoms with Gasteiger partial charge >= 0.3 is 0 Å². The summed E-state index contributed by atoms with van der Waals surface area (Å²) < 4.78 is 11.2. The van der Waals surface area contributed by atoms with Crippen LogP contribution in [0, 0.1) is 0 Å². The summed E-state index contributed by atoms with van der Waals surface area (Å²) in [5.41, 5.74) is 1.28. The van der Waals surface area contributed by atoms with E-state index in [9.17, 15) is 4.79 Å². The number of unbranched alkanes of at least 4 members (excludes halogenated alkanes) is 5. The zero-order chi connectivity index (χ0) is 17.9. The lowest BCUT2D eigenvalue weighted by Crippen LogP contribution is -2.04. The number of ketones is 1. The molecule has 0 unspecified atom stereocenters. The molecule has 0 aromatic heterocycles. The minimum atomic E-state index is -0.0126. The number of methoxy groups -OCH3 is 1. The van der Waals surface area contributed by atoms with Gasteiger partial charge in [0, 0.05) is 11.1 Å². The smallest absolute Gasteiger partial charge is 0.193 e. The Balaban J connectivity index is 1.92. The van der Waals surface area contributed by atoms with Crippen LogP contribution in [0.4, 0.5) is 0 Å². The molecule has 134 valence electrons. The van der Waals surface area contributed by atoms with Crippen molar-refractivity contribution in [2.45, 2.75) is 45.4 Å². The first-order chi connectivity index (χ1) is 12.3. The maximum atomic E-state index is 12.5. The Morgan fingerprint density at radius 1 is 0.840 bits per heavy atom. The second-order valence-corrected chi connectivity index (χ2v) is 6.18. The molecule has 0 saturated heterocycles. The zero-order valence-electron chi connectivity index (χ0n) is 15.3. The van der Waals surface area contributed by atoms with E-state index in [2.05, 4.69) is 6.92 Å². The molecule has 0 fully saturated rings. The first-order valence-electron chi connectivity index (χ1n) is 9.17. The molecule has 3 nitrogen and oxygen atoms in total. The fourth-order valence-electron chi connectivity index (χ4n) is 2.75. The summed E-state index contributed by atoms with van der Waals surface area (Å²) in [5.74, 6) is 1.29. The molecule has 0 heterocycles. The SMILES string of the molecule is CCCCCCCCOc1ccc(C(=O)c2ccccc2)cc1OC. The van der Waals surface area contributed by atoms with Gasteiger partial charge in [0.25, 0.3) is 0 Å². The lowest BCUT2D eigenvalue weighted by molar-refractivity contribution is 0.103. The molecule has 2 aromatic rings. The molecule has 2 aromatic carbocycles. The molecule has 3 heteroatoms. The third kappa shape index (κ3) is 5.93. The fourth-order valence-corrected chi connectivity index (χ4v) is 2.75. The molecular weight excluding hydrogens is 312 g/mol. The Hall–Kier alpha value is -2.29. The summed E-state index contributed by atoms with van der Waals surface area (Å²) in [6.45, 7) is 2.90. The highest BCUT2D eigenvalue weighted by Gasteiger charge is 2.12. The van der Waals surface area contributed by atoms with Crippen LogP contribution in [0.2, 0.25) is 0 Å². The van der Waals surface area contributed by atoms with Crippen LogP contribution in [-0.4, -0.2) is 19.5 Å². The van der Waals surface area contributed by atoms with Crippen molar-refractivity contribution in [3.05, 3.63) is 59.7 Å². The zero-order valence-corrected chi connectivity index (χ0v) is 15.3. The van der Waals surface area contributed by atoms with Gasteiger partial charge in [0.05, 0.1) is 13.7 Å². The Labute approximate surface area is 151 Å². The highest BCUT2D eigenvalue weighted by molar-refractivity contribution is 6.09. The van der Waals surface area contributed by atoms with Gasteiger partial charge in [0.1, 0.15) is 0 Å². The summed E-state index contributed by atoms with van der Waals surface area (Å²) in [7, 11) is 1.60. The van der Waals surface area contributed by atoms with Gasteiger partial charge in [-0.15, -0.1) is 0 Å². The van der Waals surface area contributed by atoms with Crippen molar-refractivity contribution in [3.63, 3.8) is 0 Å². The van der Waals surface area contributed by atoms with Gasteiger partial charge < -0.3 is 9.47 Å². The van der Waals surface area contributed by atoms with Gasteiger partial charge in [-0.1, -0.05) is 69.4 Å². The third-order valence-corrected chi connectivity index (χ3v) is 4.22. The van der Waals surface area contributed by atoms with Crippen LogP contribution in [0.25, 0.3) is 0 Å². The van der Waals surface area contributed by atoms with Crippen LogP contribution >= 0.6 is 0 Å². The highest BCUT2D eigenvalue weighted by atomic mass is 16.5. The van der Waals surface area contributed by atoms with E-state index in [0.29, 0.717) is 29.2 Å². The maximum absolute atomic E-state index is 12.5. The van der Waals surface area contributed by atoms with E-state index in [1.54, 1.807) is 19.2 Å². The molecule has 25 heavy (non-hydrogen) atoms. The van der Waals surface area contributed by atoms with Gasteiger partial charge in [-0.25, -0.2) is 0 Å². The quantitative estimate of drug-likeness (QED) is 0.391. The van der Waals surface area contributed by atoms with Crippen molar-refractivity contribution >= 4 is 5.78 Å². The number of ether oxygens (including phenoxy) is 2. The number of rotatable bonds is 11. The van der Waals surface area contributed by atoms with Crippen molar-refractivity contribution in [2.75, 3.05) is 13.7 Å². The van der Waals surface area contributed by atoms with E-state index in [-0.39, 0.29) is 5.78 Å². The van der Waals surface area contributed by atoms with E-state index in [4.69, 9.17) is 9.47 Å². The first-order valence-corrected chi connectivity index (χ1v) is 9.17. The van der Waals surface area contributed by atoms with E-state index in [1.807, 2.05) is 36.4 Å². The van der Waals surface area contributed by atoms with Crippen LogP contribution in [-0.2, 0) is 0 Å². The average molecular weight is 340 g/mol. The molecule has 0 amide bonds. The third-order valence-electron chi connectivity index (χ3n) is 4.22. The lowest BCUT2D eigenvalue weighted by Gasteiger charge is -2.12. The van der Waals surface area contributed by atoms with Crippen molar-refractivity contribution in [1.29, 1.82) is 0 Å². The average Bonchev–Trinajstić information content (AvgIpc) is 2.67. The molecule has 0 saturated carbocycles. The lowest BCUT2D eigenvalue weighted by atomic mass is 10.0. The van der Waals surface area contributed by atoms with Crippen LogP contribution in [0.3, 0.4) is 0 Å². The van der Waals surface area contributed by atoms with Crippen molar-refractivity contribution in [2.24, 2.45) is 0 Å². The predicted octanol–water partition coefficient (Wildman–Crippen LogP) is 5.67. The summed E-state index contributed by atoms with van der Waals surface area (Å²) in [6.07, 6.45) is 7.37. The molecule has 2 rings (SSSR count). The summed E-state index contributed by atoms with van der Waals surface area (Å²) in [6, 6.07) is 14.6. The van der Waals surface area contributed by atoms with Gasteiger partial charge in [-0.2, -0.15) is 0 Å². The molecule has 0 atom stereocenters. The number of benzene rings is 2. The maximum Gasteiger partial charge on any atom is 0.193 e. The summed E-state index contributed by atoms with van der Waals surface area (Å²) in [4.78, 5) is 12.5. The predicted molar refractivity (Wildman–Crippen MR) is 102 cm³/mol. The molecule has 0 aliphatic carbocycles. The molecule has 0 aliphatic heterocycles. The fraction of sp³-hybridized carbons (Fsp3) is 0.409. The molecule has 0 spiro atoms. The Morgan fingerprint density at radius 2 is 1.56 bits per heavy atom. The normalized spacial score (nSPS) is 10.5. The van der Waals surface area contributed by atoms with Crippen molar-refractivity contribution in [1.82, 2.24) is 0 Å². The molecule has 0 radical (unpaired) electrons. The van der Waals surface area contributed by atoms with Gasteiger partial charge in [0.2, 0.25) is 0 Å². The van der Waals surface area contributed by atoms with Crippen LogP contribution < -0.4 is 9.47 Å². The van der Waals surface area contributed by atoms with Crippen LogP contribution in [0.5, 0.6) is 11.5 Å². The Kier molecular flexibility index (Phi) is 8.03. The topological polar surface area (TPSA) is 35.5 Å². The second-order valence-electron chi connectivity index (χ2n) is 6.18. The van der Waals surface area contributed by atoms with Crippen LogP contribution in [0.15, 0.2) is 48.5 Å². The Morgan fingerprint density at radius 3 is 2.28 bits per heavy atom. The monoisotopic (exact) mass is 340 g/mol. The molecule has 0 N–H and O–H groups in total. The van der Waals surface area contributed by atoms with E-state index < -0.39 is 0 Å². The van der Waals surface area contributed by atoms with Gasteiger partial charge in [-0.05, 0) is 24.6 Å². The van der Waals surface area contributed by atoms with Crippen molar-refractivity contribution < 1.29 is 14.3 Å². The summed E-state index contributed by atoms with van der Waals surface area (Å²) in [5, 5.41) is 0. The van der Waals surface area contributed by atoms with Gasteiger partial charge in [0.15, 0.2) is 17.3 Å². The highest BCUT2D eigenvalue weighted by Crippen LogP contribution is 2.29. The second kappa shape index (κ2) is 10.5. The number of carbonyl (C=O) groups is 1.